The van der Waals surface area contributed by atoms with Crippen molar-refractivity contribution in [2.75, 3.05) is 31.6 Å². The van der Waals surface area contributed by atoms with E-state index in [0.717, 1.165) is 38.3 Å². The molecule has 2 aliphatic heterocycles. The summed E-state index contributed by atoms with van der Waals surface area (Å²) in [5.41, 5.74) is 1.69. The van der Waals surface area contributed by atoms with Gasteiger partial charge in [-0.25, -0.2) is 0 Å². The lowest BCUT2D eigenvalue weighted by molar-refractivity contribution is -0.142. The van der Waals surface area contributed by atoms with Crippen molar-refractivity contribution >= 4 is 17.5 Å². The second-order valence-electron chi connectivity index (χ2n) is 6.08. The van der Waals surface area contributed by atoms with Crippen LogP contribution in [0.4, 0.5) is 5.69 Å². The number of carbonyl (C=O) groups excluding carboxylic acids is 2. The van der Waals surface area contributed by atoms with E-state index in [1.165, 1.54) is 6.08 Å². The van der Waals surface area contributed by atoms with E-state index < -0.39 is 0 Å². The summed E-state index contributed by atoms with van der Waals surface area (Å²) >= 11 is 0. The maximum absolute atomic E-state index is 12.4. The minimum Gasteiger partial charge on any atom is -0.381 e. The molecule has 1 spiro atoms. The van der Waals surface area contributed by atoms with Crippen molar-refractivity contribution in [1.29, 1.82) is 0 Å². The zero-order chi connectivity index (χ0) is 15.6. The number of nitrogens with one attached hydrogen (secondary N) is 1. The number of hydrogen-bond donors (Lipinski definition) is 1. The number of ether oxygens (including phenoxy) is 1. The molecule has 1 aromatic rings. The first-order valence-electron chi connectivity index (χ1n) is 7.49. The number of rotatable bonds is 4. The monoisotopic (exact) mass is 300 g/mol. The normalized spacial score (nSPS) is 18.8. The molecule has 0 saturated carbocycles. The Morgan fingerprint density at radius 1 is 1.36 bits per heavy atom. The predicted octanol–water partition coefficient (Wildman–Crippen LogP) is 1.60. The highest BCUT2D eigenvalue weighted by molar-refractivity contribution is 5.99. The quantitative estimate of drug-likeness (QED) is 0.859. The van der Waals surface area contributed by atoms with Gasteiger partial charge in [0.2, 0.25) is 11.8 Å². The molecular formula is C17H20N2O3. The summed E-state index contributed by atoms with van der Waals surface area (Å²) < 4.78 is 5.43. The van der Waals surface area contributed by atoms with Gasteiger partial charge in [-0.2, -0.15) is 0 Å². The summed E-state index contributed by atoms with van der Waals surface area (Å²) in [4.78, 5) is 25.7. The highest BCUT2D eigenvalue weighted by Crippen LogP contribution is 2.38. The summed E-state index contributed by atoms with van der Waals surface area (Å²) in [6.45, 7) is 6.58. The molecule has 0 atom stereocenters. The Hall–Kier alpha value is -2.14. The predicted molar refractivity (Wildman–Crippen MR) is 83.4 cm³/mol. The van der Waals surface area contributed by atoms with Gasteiger partial charge in [0.1, 0.15) is 0 Å². The van der Waals surface area contributed by atoms with E-state index in [0.29, 0.717) is 12.1 Å². The van der Waals surface area contributed by atoms with Gasteiger partial charge in [-0.05, 0) is 24.1 Å². The molecule has 2 saturated heterocycles. The van der Waals surface area contributed by atoms with Crippen molar-refractivity contribution in [2.45, 2.75) is 12.8 Å². The highest BCUT2D eigenvalue weighted by Gasteiger charge is 2.47. The SMILES string of the molecule is C=CC(=O)Nc1ccccc1CC(=O)N1CC2(CCOC2)C1. The van der Waals surface area contributed by atoms with Crippen molar-refractivity contribution < 1.29 is 14.3 Å². The lowest BCUT2D eigenvalue weighted by Gasteiger charge is -2.47. The molecule has 0 aliphatic carbocycles. The molecule has 0 bridgehead atoms. The fourth-order valence-electron chi connectivity index (χ4n) is 3.09. The van der Waals surface area contributed by atoms with Crippen molar-refractivity contribution in [2.24, 2.45) is 5.41 Å². The standard InChI is InChI=1S/C17H20N2O3/c1-2-15(20)18-14-6-4-3-5-13(14)9-16(21)19-10-17(11-19)7-8-22-12-17/h2-6H,1,7-12H2,(H,18,20). The van der Waals surface area contributed by atoms with Gasteiger partial charge < -0.3 is 15.0 Å². The van der Waals surface area contributed by atoms with Crippen LogP contribution in [0.1, 0.15) is 12.0 Å². The Labute approximate surface area is 129 Å². The molecule has 1 aromatic carbocycles. The van der Waals surface area contributed by atoms with Crippen molar-refractivity contribution in [3.63, 3.8) is 0 Å². The van der Waals surface area contributed by atoms with Crippen molar-refractivity contribution in [3.8, 4) is 0 Å². The summed E-state index contributed by atoms with van der Waals surface area (Å²) in [7, 11) is 0. The maximum atomic E-state index is 12.4. The number of likely N-dealkylation sites (tertiary alicyclic amines) is 1. The topological polar surface area (TPSA) is 58.6 Å². The van der Waals surface area contributed by atoms with E-state index in [1.807, 2.05) is 23.1 Å². The summed E-state index contributed by atoms with van der Waals surface area (Å²) in [6.07, 6.45) is 2.56. The second-order valence-corrected chi connectivity index (χ2v) is 6.08. The van der Waals surface area contributed by atoms with E-state index in [2.05, 4.69) is 11.9 Å². The third-order valence-corrected chi connectivity index (χ3v) is 4.39. The van der Waals surface area contributed by atoms with Gasteiger partial charge in [0.25, 0.3) is 0 Å². The molecule has 1 N–H and O–H groups in total. The van der Waals surface area contributed by atoms with E-state index >= 15 is 0 Å². The van der Waals surface area contributed by atoms with E-state index in [1.54, 1.807) is 6.07 Å². The Bertz CT molecular complexity index is 598. The van der Waals surface area contributed by atoms with Crippen LogP contribution in [0.2, 0.25) is 0 Å². The Morgan fingerprint density at radius 3 is 2.82 bits per heavy atom. The Balaban J connectivity index is 1.62. The van der Waals surface area contributed by atoms with Gasteiger partial charge in [-0.3, -0.25) is 9.59 Å². The highest BCUT2D eigenvalue weighted by atomic mass is 16.5. The minimum absolute atomic E-state index is 0.0952. The van der Waals surface area contributed by atoms with Crippen LogP contribution >= 0.6 is 0 Å². The van der Waals surface area contributed by atoms with Gasteiger partial charge in [0, 0.05) is 30.8 Å². The van der Waals surface area contributed by atoms with Gasteiger partial charge >= 0.3 is 0 Å². The average molecular weight is 300 g/mol. The molecule has 0 unspecified atom stereocenters. The summed E-state index contributed by atoms with van der Waals surface area (Å²) in [5, 5.41) is 2.74. The molecule has 2 amide bonds. The van der Waals surface area contributed by atoms with E-state index in [4.69, 9.17) is 4.74 Å². The molecule has 116 valence electrons. The smallest absolute Gasteiger partial charge is 0.247 e. The molecule has 0 aromatic heterocycles. The van der Waals surface area contributed by atoms with Crippen molar-refractivity contribution in [1.82, 2.24) is 4.90 Å². The van der Waals surface area contributed by atoms with Crippen LogP contribution in [0.3, 0.4) is 0 Å². The first-order chi connectivity index (χ1) is 10.6. The second kappa shape index (κ2) is 5.93. The number of amides is 2. The fourth-order valence-corrected chi connectivity index (χ4v) is 3.09. The fraction of sp³-hybridized carbons (Fsp3) is 0.412. The number of anilines is 1. The first kappa shape index (κ1) is 14.8. The molecule has 2 heterocycles. The third kappa shape index (κ3) is 2.90. The zero-order valence-electron chi connectivity index (χ0n) is 12.5. The molecular weight excluding hydrogens is 280 g/mol. The lowest BCUT2D eigenvalue weighted by atomic mass is 9.79. The van der Waals surface area contributed by atoms with Gasteiger partial charge in [0.15, 0.2) is 0 Å². The molecule has 3 rings (SSSR count). The van der Waals surface area contributed by atoms with Crippen LogP contribution in [0.5, 0.6) is 0 Å². The van der Waals surface area contributed by atoms with Crippen LogP contribution in [0.25, 0.3) is 0 Å². The first-order valence-corrected chi connectivity index (χ1v) is 7.49. The molecule has 0 radical (unpaired) electrons. The van der Waals surface area contributed by atoms with Gasteiger partial charge in [0.05, 0.1) is 13.0 Å². The zero-order valence-corrected chi connectivity index (χ0v) is 12.5. The summed E-state index contributed by atoms with van der Waals surface area (Å²) in [6, 6.07) is 7.37. The molecule has 5 heteroatoms. The number of para-hydroxylation sites is 1. The minimum atomic E-state index is -0.272. The van der Waals surface area contributed by atoms with Gasteiger partial charge in [-0.15, -0.1) is 0 Å². The Kier molecular flexibility index (Phi) is 3.98. The van der Waals surface area contributed by atoms with Crippen LogP contribution < -0.4 is 5.32 Å². The largest absolute Gasteiger partial charge is 0.381 e. The van der Waals surface area contributed by atoms with Crippen LogP contribution in [-0.4, -0.2) is 43.0 Å². The third-order valence-electron chi connectivity index (χ3n) is 4.39. The molecule has 2 fully saturated rings. The average Bonchev–Trinajstić information content (AvgIpc) is 2.97. The van der Waals surface area contributed by atoms with Crippen LogP contribution in [-0.2, 0) is 20.7 Å². The maximum Gasteiger partial charge on any atom is 0.247 e. The lowest BCUT2D eigenvalue weighted by Crippen LogP contribution is -2.59. The molecule has 2 aliphatic rings. The number of carbonyl (C=O) groups is 2. The molecule has 5 nitrogen and oxygen atoms in total. The summed E-state index contributed by atoms with van der Waals surface area (Å²) in [5.74, 6) is -0.177. The number of benzene rings is 1. The van der Waals surface area contributed by atoms with Crippen LogP contribution in [0, 0.1) is 5.41 Å². The van der Waals surface area contributed by atoms with Gasteiger partial charge in [-0.1, -0.05) is 24.8 Å². The number of hydrogen-bond acceptors (Lipinski definition) is 3. The van der Waals surface area contributed by atoms with Crippen molar-refractivity contribution in [3.05, 3.63) is 42.5 Å². The number of nitrogens with zero attached hydrogens (tertiary/aromatic N) is 1. The van der Waals surface area contributed by atoms with E-state index in [9.17, 15) is 9.59 Å². The molecule has 22 heavy (non-hydrogen) atoms. The Morgan fingerprint density at radius 2 is 2.14 bits per heavy atom. The van der Waals surface area contributed by atoms with Crippen LogP contribution in [0.15, 0.2) is 36.9 Å². The van der Waals surface area contributed by atoms with E-state index in [-0.39, 0.29) is 17.2 Å².